The maximum absolute atomic E-state index is 12.8. The lowest BCUT2D eigenvalue weighted by Gasteiger charge is -2.26. The van der Waals surface area contributed by atoms with Crippen LogP contribution in [-0.4, -0.2) is 36.9 Å². The number of carbonyl (C=O) groups excluding carboxylic acids is 2. The second-order valence-corrected chi connectivity index (χ2v) is 9.47. The van der Waals surface area contributed by atoms with E-state index in [1.165, 1.54) is 25.7 Å². The van der Waals surface area contributed by atoms with Crippen molar-refractivity contribution in [1.82, 2.24) is 4.90 Å². The molecule has 32 heavy (non-hydrogen) atoms. The largest absolute Gasteiger partial charge is 0.496 e. The number of nitrogens with zero attached hydrogens (tertiary/aromatic N) is 1. The molecule has 2 fully saturated rings. The van der Waals surface area contributed by atoms with E-state index in [1.54, 1.807) is 7.11 Å². The van der Waals surface area contributed by atoms with E-state index in [4.69, 9.17) is 10.5 Å². The van der Waals surface area contributed by atoms with Crippen molar-refractivity contribution in [1.29, 1.82) is 0 Å². The van der Waals surface area contributed by atoms with Crippen LogP contribution < -0.4 is 10.5 Å². The number of para-hydroxylation sites is 1. The fraction of sp³-hybridized carbons (Fsp3) is 0.481. The van der Waals surface area contributed by atoms with Crippen molar-refractivity contribution in [2.75, 3.05) is 20.2 Å². The molecular weight excluding hydrogens is 400 g/mol. The highest BCUT2D eigenvalue weighted by Gasteiger charge is 2.44. The second kappa shape index (κ2) is 9.76. The third-order valence-electron chi connectivity index (χ3n) is 7.38. The van der Waals surface area contributed by atoms with Crippen molar-refractivity contribution in [3.63, 3.8) is 0 Å². The number of carbonyl (C=O) groups is 2. The van der Waals surface area contributed by atoms with Crippen molar-refractivity contribution in [2.45, 2.75) is 51.4 Å². The van der Waals surface area contributed by atoms with E-state index >= 15 is 0 Å². The normalized spacial score (nSPS) is 21.1. The van der Waals surface area contributed by atoms with Gasteiger partial charge in [0.05, 0.1) is 12.5 Å². The van der Waals surface area contributed by atoms with E-state index in [0.717, 1.165) is 28.9 Å². The van der Waals surface area contributed by atoms with Gasteiger partial charge in [0, 0.05) is 25.1 Å². The van der Waals surface area contributed by atoms with E-state index in [0.29, 0.717) is 38.3 Å². The average Bonchev–Trinajstić information content (AvgIpc) is 3.49. The van der Waals surface area contributed by atoms with Crippen molar-refractivity contribution < 1.29 is 14.3 Å². The van der Waals surface area contributed by atoms with E-state index < -0.39 is 5.41 Å². The van der Waals surface area contributed by atoms with Crippen LogP contribution in [0.2, 0.25) is 0 Å². The summed E-state index contributed by atoms with van der Waals surface area (Å²) in [6.45, 7) is 1.05. The number of nitrogens with two attached hydrogens (primary N) is 1. The summed E-state index contributed by atoms with van der Waals surface area (Å²) in [5.41, 5.74) is 8.35. The van der Waals surface area contributed by atoms with Gasteiger partial charge in [-0.2, -0.15) is 0 Å². The lowest BCUT2D eigenvalue weighted by atomic mass is 9.80. The first kappa shape index (κ1) is 22.4. The standard InChI is InChI=1S/C27H34N2O3/c1-32-24-9-5-4-8-23(24)22-13-10-21(11-14-22)18-27(26(28)31)16-17-29(19-27)25(30)15-12-20-6-2-3-7-20/h4-5,8-11,13-14,20H,2-3,6-7,12,15-19H2,1H3,(H2,28,31)/t27-/m1/s1. The van der Waals surface area contributed by atoms with Gasteiger partial charge in [-0.1, -0.05) is 68.1 Å². The number of rotatable bonds is 8. The molecule has 1 aliphatic carbocycles. The predicted molar refractivity (Wildman–Crippen MR) is 126 cm³/mol. The minimum absolute atomic E-state index is 0.173. The molecule has 5 nitrogen and oxygen atoms in total. The van der Waals surface area contributed by atoms with Crippen molar-refractivity contribution in [3.05, 3.63) is 54.1 Å². The molecule has 5 heteroatoms. The number of methoxy groups -OCH3 is 1. The topological polar surface area (TPSA) is 72.6 Å². The monoisotopic (exact) mass is 434 g/mol. The average molecular weight is 435 g/mol. The molecule has 2 aromatic carbocycles. The number of hydrogen-bond donors (Lipinski definition) is 1. The van der Waals surface area contributed by atoms with Gasteiger partial charge in [-0.15, -0.1) is 0 Å². The molecule has 0 aromatic heterocycles. The summed E-state index contributed by atoms with van der Waals surface area (Å²) in [7, 11) is 1.67. The summed E-state index contributed by atoms with van der Waals surface area (Å²) in [5.74, 6) is 1.39. The highest BCUT2D eigenvalue weighted by molar-refractivity contribution is 5.84. The van der Waals surface area contributed by atoms with Crippen molar-refractivity contribution >= 4 is 11.8 Å². The molecule has 0 bridgehead atoms. The van der Waals surface area contributed by atoms with Crippen LogP contribution in [0.25, 0.3) is 11.1 Å². The van der Waals surface area contributed by atoms with Gasteiger partial charge in [0.15, 0.2) is 0 Å². The van der Waals surface area contributed by atoms with Gasteiger partial charge in [0.2, 0.25) is 11.8 Å². The molecule has 1 aliphatic heterocycles. The van der Waals surface area contributed by atoms with Crippen LogP contribution >= 0.6 is 0 Å². The highest BCUT2D eigenvalue weighted by Crippen LogP contribution is 2.36. The fourth-order valence-electron chi connectivity index (χ4n) is 5.38. The molecule has 0 unspecified atom stereocenters. The summed E-state index contributed by atoms with van der Waals surface area (Å²) in [4.78, 5) is 27.2. The smallest absolute Gasteiger partial charge is 0.225 e. The first-order chi connectivity index (χ1) is 15.5. The Bertz CT molecular complexity index is 950. The third kappa shape index (κ3) is 4.82. The molecule has 4 rings (SSSR count). The second-order valence-electron chi connectivity index (χ2n) is 9.47. The van der Waals surface area contributed by atoms with Crippen LogP contribution in [0.3, 0.4) is 0 Å². The summed E-state index contributed by atoms with van der Waals surface area (Å²) in [6.07, 6.45) is 7.85. The van der Waals surface area contributed by atoms with E-state index in [2.05, 4.69) is 24.3 Å². The van der Waals surface area contributed by atoms with Gasteiger partial charge >= 0.3 is 0 Å². The maximum Gasteiger partial charge on any atom is 0.225 e. The molecule has 0 radical (unpaired) electrons. The molecule has 1 saturated heterocycles. The Kier molecular flexibility index (Phi) is 6.83. The van der Waals surface area contributed by atoms with Crippen LogP contribution in [0.4, 0.5) is 0 Å². The summed E-state index contributed by atoms with van der Waals surface area (Å²) in [6, 6.07) is 16.1. The summed E-state index contributed by atoms with van der Waals surface area (Å²) >= 11 is 0. The highest BCUT2D eigenvalue weighted by atomic mass is 16.5. The Morgan fingerprint density at radius 2 is 1.81 bits per heavy atom. The lowest BCUT2D eigenvalue weighted by molar-refractivity contribution is -0.132. The molecule has 1 atom stereocenters. The van der Waals surface area contributed by atoms with E-state index in [-0.39, 0.29) is 11.8 Å². The van der Waals surface area contributed by atoms with Gasteiger partial charge < -0.3 is 15.4 Å². The van der Waals surface area contributed by atoms with Crippen molar-refractivity contribution in [3.8, 4) is 16.9 Å². The van der Waals surface area contributed by atoms with E-state index in [9.17, 15) is 9.59 Å². The molecule has 2 N–H and O–H groups in total. The summed E-state index contributed by atoms with van der Waals surface area (Å²) in [5, 5.41) is 0. The predicted octanol–water partition coefficient (Wildman–Crippen LogP) is 4.58. The first-order valence-corrected chi connectivity index (χ1v) is 11.8. The minimum atomic E-state index is -0.686. The number of hydrogen-bond acceptors (Lipinski definition) is 3. The Hall–Kier alpha value is -2.82. The number of amides is 2. The van der Waals surface area contributed by atoms with Gasteiger partial charge in [0.25, 0.3) is 0 Å². The van der Waals surface area contributed by atoms with Crippen LogP contribution in [0.15, 0.2) is 48.5 Å². The first-order valence-electron chi connectivity index (χ1n) is 11.8. The van der Waals surface area contributed by atoms with Crippen LogP contribution in [0, 0.1) is 11.3 Å². The molecule has 2 amide bonds. The zero-order chi connectivity index (χ0) is 22.6. The van der Waals surface area contributed by atoms with Gasteiger partial charge in [-0.25, -0.2) is 0 Å². The van der Waals surface area contributed by atoms with Crippen molar-refractivity contribution in [2.24, 2.45) is 17.1 Å². The lowest BCUT2D eigenvalue weighted by Crippen LogP contribution is -2.42. The number of ether oxygens (including phenoxy) is 1. The van der Waals surface area contributed by atoms with Gasteiger partial charge in [-0.3, -0.25) is 9.59 Å². The molecule has 170 valence electrons. The van der Waals surface area contributed by atoms with Crippen LogP contribution in [-0.2, 0) is 16.0 Å². The quantitative estimate of drug-likeness (QED) is 0.661. The number of benzene rings is 2. The molecule has 1 heterocycles. The molecule has 2 aliphatic rings. The minimum Gasteiger partial charge on any atom is -0.496 e. The van der Waals surface area contributed by atoms with Gasteiger partial charge in [-0.05, 0) is 42.4 Å². The zero-order valence-electron chi connectivity index (χ0n) is 19.0. The SMILES string of the molecule is COc1ccccc1-c1ccc(C[C@]2(C(N)=O)CCN(C(=O)CCC3CCCC3)C2)cc1. The van der Waals surface area contributed by atoms with E-state index in [1.807, 2.05) is 29.2 Å². The molecule has 2 aromatic rings. The fourth-order valence-corrected chi connectivity index (χ4v) is 5.38. The molecule has 0 spiro atoms. The Morgan fingerprint density at radius 3 is 2.50 bits per heavy atom. The number of likely N-dealkylation sites (tertiary alicyclic amines) is 1. The van der Waals surface area contributed by atoms with Crippen LogP contribution in [0.1, 0.15) is 50.5 Å². The Morgan fingerprint density at radius 1 is 1.09 bits per heavy atom. The molecule has 1 saturated carbocycles. The molecular formula is C27H34N2O3. The third-order valence-corrected chi connectivity index (χ3v) is 7.38. The maximum atomic E-state index is 12.8. The summed E-state index contributed by atoms with van der Waals surface area (Å²) < 4.78 is 5.47. The number of primary amides is 1. The Balaban J connectivity index is 1.42. The van der Waals surface area contributed by atoms with Crippen LogP contribution in [0.5, 0.6) is 5.75 Å². The zero-order valence-corrected chi connectivity index (χ0v) is 19.0. The Labute approximate surface area is 190 Å². The van der Waals surface area contributed by atoms with Gasteiger partial charge in [0.1, 0.15) is 5.75 Å².